The molecule has 0 aliphatic heterocycles. The Balaban J connectivity index is 2.39. The average Bonchev–Trinajstić information content (AvgIpc) is 2.18. The number of benzene rings is 1. The highest BCUT2D eigenvalue weighted by Gasteiger charge is 2.27. The first kappa shape index (κ1) is 12.3. The third-order valence-electron chi connectivity index (χ3n) is 2.38. The summed E-state index contributed by atoms with van der Waals surface area (Å²) in [5.74, 6) is -0.0685. The first-order valence-corrected chi connectivity index (χ1v) is 6.21. The molecule has 0 saturated carbocycles. The third kappa shape index (κ3) is 2.57. The van der Waals surface area contributed by atoms with Crippen LogP contribution >= 0.6 is 46.4 Å². The maximum absolute atomic E-state index is 6.16. The van der Waals surface area contributed by atoms with Gasteiger partial charge in [0.1, 0.15) is 0 Å². The second kappa shape index (κ2) is 4.62. The summed E-state index contributed by atoms with van der Waals surface area (Å²) in [5, 5.41) is 1.26. The van der Waals surface area contributed by atoms with Crippen molar-refractivity contribution in [2.45, 2.75) is 10.3 Å². The van der Waals surface area contributed by atoms with E-state index in [9.17, 15) is 0 Å². The molecule has 0 fully saturated rings. The Bertz CT molecular complexity index is 460. The van der Waals surface area contributed by atoms with Crippen LogP contribution in [0.1, 0.15) is 11.5 Å². The van der Waals surface area contributed by atoms with Crippen molar-refractivity contribution >= 4 is 46.4 Å². The Morgan fingerprint density at radius 3 is 2.38 bits per heavy atom. The summed E-state index contributed by atoms with van der Waals surface area (Å²) in [6, 6.07) is 7.56. The topological polar surface area (TPSA) is 0 Å². The van der Waals surface area contributed by atoms with Crippen molar-refractivity contribution in [1.29, 1.82) is 0 Å². The first-order chi connectivity index (χ1) is 7.49. The predicted molar refractivity (Wildman–Crippen MR) is 71.7 cm³/mol. The summed E-state index contributed by atoms with van der Waals surface area (Å²) in [6.45, 7) is 0. The van der Waals surface area contributed by atoms with Crippen molar-refractivity contribution < 1.29 is 0 Å². The van der Waals surface area contributed by atoms with Gasteiger partial charge in [0.25, 0.3) is 0 Å². The molecule has 0 nitrogen and oxygen atoms in total. The van der Waals surface area contributed by atoms with Crippen LogP contribution in [-0.2, 0) is 0 Å². The largest absolute Gasteiger partial charge is 0.155 e. The Kier molecular flexibility index (Phi) is 3.56. The number of hydrogen-bond donors (Lipinski definition) is 0. The van der Waals surface area contributed by atoms with Crippen molar-refractivity contribution in [3.8, 4) is 0 Å². The van der Waals surface area contributed by atoms with Crippen LogP contribution in [0.5, 0.6) is 0 Å². The molecule has 1 aliphatic carbocycles. The molecule has 0 saturated heterocycles. The van der Waals surface area contributed by atoms with Gasteiger partial charge >= 0.3 is 0 Å². The minimum absolute atomic E-state index is 0.0685. The molecule has 0 aromatic heterocycles. The molecule has 0 spiro atoms. The molecule has 0 bridgehead atoms. The molecule has 1 atom stereocenters. The summed E-state index contributed by atoms with van der Waals surface area (Å²) in [7, 11) is 0. The molecule has 1 aromatic rings. The van der Waals surface area contributed by atoms with E-state index in [1.807, 2.05) is 30.3 Å². The van der Waals surface area contributed by atoms with Crippen LogP contribution in [0.25, 0.3) is 0 Å². The van der Waals surface area contributed by atoms with E-state index < -0.39 is 4.33 Å². The highest BCUT2D eigenvalue weighted by Crippen LogP contribution is 2.41. The number of rotatable bonds is 1. The number of hydrogen-bond acceptors (Lipinski definition) is 0. The monoisotopic (exact) mass is 292 g/mol. The van der Waals surface area contributed by atoms with Crippen molar-refractivity contribution in [1.82, 2.24) is 0 Å². The van der Waals surface area contributed by atoms with Gasteiger partial charge in [0.15, 0.2) is 4.33 Å². The van der Waals surface area contributed by atoms with Crippen LogP contribution in [0.2, 0.25) is 5.02 Å². The van der Waals surface area contributed by atoms with Gasteiger partial charge in [-0.2, -0.15) is 0 Å². The summed E-state index contributed by atoms with van der Waals surface area (Å²) in [6.07, 6.45) is 5.19. The number of allylic oxidation sites excluding steroid dienone is 4. The summed E-state index contributed by atoms with van der Waals surface area (Å²) in [4.78, 5) is 0. The van der Waals surface area contributed by atoms with Crippen molar-refractivity contribution in [2.24, 2.45) is 0 Å². The van der Waals surface area contributed by atoms with Crippen LogP contribution in [0.15, 0.2) is 47.5 Å². The fourth-order valence-electron chi connectivity index (χ4n) is 1.62. The molecule has 16 heavy (non-hydrogen) atoms. The lowest BCUT2D eigenvalue weighted by Gasteiger charge is -2.22. The van der Waals surface area contributed by atoms with E-state index in [2.05, 4.69) is 0 Å². The van der Waals surface area contributed by atoms with Gasteiger partial charge in [-0.25, -0.2) is 0 Å². The lowest BCUT2D eigenvalue weighted by atomic mass is 9.94. The maximum atomic E-state index is 6.16. The predicted octanol–water partition coefficient (Wildman–Crippen LogP) is 5.29. The minimum Gasteiger partial charge on any atom is -0.0922 e. The molecule has 84 valence electrons. The van der Waals surface area contributed by atoms with Crippen molar-refractivity contribution in [3.05, 3.63) is 58.1 Å². The van der Waals surface area contributed by atoms with Gasteiger partial charge in [0, 0.05) is 16.0 Å². The van der Waals surface area contributed by atoms with Crippen LogP contribution < -0.4 is 0 Å². The molecule has 0 amide bonds. The van der Waals surface area contributed by atoms with Crippen LogP contribution in [0.3, 0.4) is 0 Å². The van der Waals surface area contributed by atoms with E-state index in [0.29, 0.717) is 10.1 Å². The van der Waals surface area contributed by atoms with E-state index in [1.165, 1.54) is 0 Å². The Morgan fingerprint density at radius 2 is 1.75 bits per heavy atom. The molecular weight excluding hydrogens is 286 g/mol. The van der Waals surface area contributed by atoms with E-state index in [-0.39, 0.29) is 5.92 Å². The highest BCUT2D eigenvalue weighted by molar-refractivity contribution is 6.52. The zero-order valence-corrected chi connectivity index (χ0v) is 11.2. The van der Waals surface area contributed by atoms with Gasteiger partial charge in [0.05, 0.1) is 0 Å². The van der Waals surface area contributed by atoms with Crippen LogP contribution in [-0.4, -0.2) is 4.33 Å². The van der Waals surface area contributed by atoms with E-state index in [4.69, 9.17) is 46.4 Å². The average molecular weight is 294 g/mol. The van der Waals surface area contributed by atoms with Crippen LogP contribution in [0.4, 0.5) is 0 Å². The fraction of sp³-hybridized carbons (Fsp3) is 0.167. The SMILES string of the molecule is ClC1=CC(Cl)(Cl)C=CC1c1ccccc1Cl. The highest BCUT2D eigenvalue weighted by atomic mass is 35.5. The molecule has 4 heteroatoms. The van der Waals surface area contributed by atoms with Gasteiger partial charge in [-0.05, 0) is 23.8 Å². The lowest BCUT2D eigenvalue weighted by Crippen LogP contribution is -2.12. The second-order valence-electron chi connectivity index (χ2n) is 3.56. The molecule has 1 aliphatic rings. The fourth-order valence-corrected chi connectivity index (χ4v) is 2.73. The van der Waals surface area contributed by atoms with Gasteiger partial charge in [-0.15, -0.1) is 0 Å². The van der Waals surface area contributed by atoms with Gasteiger partial charge in [0.2, 0.25) is 0 Å². The molecule has 1 aromatic carbocycles. The zero-order valence-electron chi connectivity index (χ0n) is 8.13. The van der Waals surface area contributed by atoms with Crippen LogP contribution in [0, 0.1) is 0 Å². The number of alkyl halides is 2. The summed E-state index contributed by atoms with van der Waals surface area (Å²) < 4.78 is -1.02. The molecule has 0 N–H and O–H groups in total. The minimum atomic E-state index is -1.02. The normalized spacial score (nSPS) is 23.0. The first-order valence-electron chi connectivity index (χ1n) is 4.69. The van der Waals surface area contributed by atoms with Gasteiger partial charge in [-0.3, -0.25) is 0 Å². The summed E-state index contributed by atoms with van der Waals surface area (Å²) >= 11 is 24.2. The smallest absolute Gasteiger partial charge is 0.0922 e. The Morgan fingerprint density at radius 1 is 1.06 bits per heavy atom. The van der Waals surface area contributed by atoms with E-state index >= 15 is 0 Å². The Labute approximate surface area is 114 Å². The van der Waals surface area contributed by atoms with Gasteiger partial charge < -0.3 is 0 Å². The third-order valence-corrected chi connectivity index (χ3v) is 3.54. The number of halogens is 4. The lowest BCUT2D eigenvalue weighted by molar-refractivity contribution is 0.996. The molecule has 1 unspecified atom stereocenters. The second-order valence-corrected chi connectivity index (χ2v) is 5.85. The van der Waals surface area contributed by atoms with Crippen molar-refractivity contribution in [3.63, 3.8) is 0 Å². The Hall–Kier alpha value is -0.140. The van der Waals surface area contributed by atoms with E-state index in [0.717, 1.165) is 5.56 Å². The quantitative estimate of drug-likeness (QED) is 0.487. The molecule has 2 rings (SSSR count). The van der Waals surface area contributed by atoms with Gasteiger partial charge in [-0.1, -0.05) is 70.7 Å². The molecule has 0 radical (unpaired) electrons. The zero-order chi connectivity index (χ0) is 11.8. The molecular formula is C12H8Cl4. The van der Waals surface area contributed by atoms with E-state index in [1.54, 1.807) is 12.2 Å². The maximum Gasteiger partial charge on any atom is 0.155 e. The van der Waals surface area contributed by atoms with Crippen molar-refractivity contribution in [2.75, 3.05) is 0 Å². The summed E-state index contributed by atoms with van der Waals surface area (Å²) in [5.41, 5.74) is 0.950. The molecule has 0 heterocycles. The standard InChI is InChI=1S/C12H8Cl4/c13-10-4-2-1-3-8(10)9-5-6-12(15,16)7-11(9)14/h1-7,9H.